The highest BCUT2D eigenvalue weighted by molar-refractivity contribution is 7.93. The number of anilines is 2. The predicted octanol–water partition coefficient (Wildman–Crippen LogP) is 6.94. The molecule has 0 saturated heterocycles. The fourth-order valence-corrected chi connectivity index (χ4v) is 6.14. The highest BCUT2D eigenvalue weighted by Gasteiger charge is 2.23. The molecule has 8 nitrogen and oxygen atoms in total. The van der Waals surface area contributed by atoms with Crippen LogP contribution in [0.1, 0.15) is 26.3 Å². The van der Waals surface area contributed by atoms with Crippen molar-refractivity contribution >= 4 is 90.7 Å². The Bertz CT molecular complexity index is 1860. The van der Waals surface area contributed by atoms with E-state index in [4.69, 9.17) is 34.8 Å². The van der Waals surface area contributed by atoms with Gasteiger partial charge in [-0.25, -0.2) is 8.42 Å². The summed E-state index contributed by atoms with van der Waals surface area (Å²) in [6.45, 7) is 0. The molecule has 5 rings (SSSR count). The van der Waals surface area contributed by atoms with Crippen LogP contribution in [0.25, 0.3) is 11.0 Å². The number of carbonyl (C=O) groups excluding carboxylic acids is 2. The van der Waals surface area contributed by atoms with Crippen LogP contribution in [0.2, 0.25) is 15.1 Å². The van der Waals surface area contributed by atoms with Crippen molar-refractivity contribution < 1.29 is 18.0 Å². The quantitative estimate of drug-likeness (QED) is 0.191. The van der Waals surface area contributed by atoms with Gasteiger partial charge >= 0.3 is 0 Å². The van der Waals surface area contributed by atoms with Crippen LogP contribution < -0.4 is 10.0 Å². The van der Waals surface area contributed by atoms with E-state index in [0.717, 1.165) is 11.7 Å². The summed E-state index contributed by atoms with van der Waals surface area (Å²) in [7, 11) is -4.14. The van der Waals surface area contributed by atoms with Gasteiger partial charge in [0.05, 0.1) is 28.0 Å². The molecular formula is C26H15Cl3N4O4S2. The zero-order valence-corrected chi connectivity index (χ0v) is 23.4. The lowest BCUT2D eigenvalue weighted by atomic mass is 10.0. The first kappa shape index (κ1) is 27.0. The fraction of sp³-hybridized carbons (Fsp3) is 0. The van der Waals surface area contributed by atoms with Crippen molar-refractivity contribution in [1.29, 1.82) is 0 Å². The van der Waals surface area contributed by atoms with Crippen molar-refractivity contribution in [3.63, 3.8) is 0 Å². The Morgan fingerprint density at radius 3 is 2.28 bits per heavy atom. The first-order valence-corrected chi connectivity index (χ1v) is 14.4. The number of aromatic nitrogens is 2. The second kappa shape index (κ2) is 10.9. The summed E-state index contributed by atoms with van der Waals surface area (Å²) >= 11 is 19.3. The van der Waals surface area contributed by atoms with Crippen LogP contribution in [0.15, 0.2) is 83.8 Å². The van der Waals surface area contributed by atoms with Crippen molar-refractivity contribution in [1.82, 2.24) is 8.75 Å². The molecule has 0 radical (unpaired) electrons. The Kier molecular flexibility index (Phi) is 7.57. The third-order valence-electron chi connectivity index (χ3n) is 5.59. The lowest BCUT2D eigenvalue weighted by Gasteiger charge is -2.14. The molecule has 0 saturated carbocycles. The first-order chi connectivity index (χ1) is 18.6. The molecule has 1 aromatic heterocycles. The molecule has 0 unspecified atom stereocenters. The van der Waals surface area contributed by atoms with Crippen LogP contribution in [-0.4, -0.2) is 28.9 Å². The maximum atomic E-state index is 13.2. The second-order valence-electron chi connectivity index (χ2n) is 8.17. The Labute approximate surface area is 241 Å². The van der Waals surface area contributed by atoms with Crippen molar-refractivity contribution in [3.8, 4) is 0 Å². The monoisotopic (exact) mass is 616 g/mol. The zero-order chi connectivity index (χ0) is 27.7. The number of carbonyl (C=O) groups is 2. The standard InChI is InChI=1S/C26H15Cl3N4O4S2/c27-15-6-4-14(5-7-15)25(34)18-10-9-17(13-20(18)29)30-26(35)19-12-16(28)8-11-21(19)33-39(36,37)23-3-1-2-22-24(23)32-38-31-22/h1-13,33H,(H,30,35). The van der Waals surface area contributed by atoms with Gasteiger partial charge in [0.1, 0.15) is 15.9 Å². The number of hydrogen-bond donors (Lipinski definition) is 2. The maximum Gasteiger partial charge on any atom is 0.264 e. The second-order valence-corrected chi connectivity index (χ2v) is 11.6. The van der Waals surface area contributed by atoms with Crippen LogP contribution in [0.5, 0.6) is 0 Å². The minimum absolute atomic E-state index is 0.00211. The van der Waals surface area contributed by atoms with E-state index in [1.165, 1.54) is 42.5 Å². The van der Waals surface area contributed by atoms with E-state index in [0.29, 0.717) is 16.1 Å². The highest BCUT2D eigenvalue weighted by Crippen LogP contribution is 2.29. The van der Waals surface area contributed by atoms with Crippen molar-refractivity contribution in [2.24, 2.45) is 0 Å². The van der Waals surface area contributed by atoms with Crippen molar-refractivity contribution in [2.75, 3.05) is 10.0 Å². The Morgan fingerprint density at radius 2 is 1.54 bits per heavy atom. The minimum atomic E-state index is -4.14. The van der Waals surface area contributed by atoms with Gasteiger partial charge in [-0.15, -0.1) is 0 Å². The van der Waals surface area contributed by atoms with E-state index in [2.05, 4.69) is 18.8 Å². The lowest BCUT2D eigenvalue weighted by molar-refractivity contribution is 0.102. The fourth-order valence-electron chi connectivity index (χ4n) is 3.72. The number of ketones is 1. The van der Waals surface area contributed by atoms with Gasteiger partial charge in [-0.1, -0.05) is 40.9 Å². The first-order valence-electron chi connectivity index (χ1n) is 11.1. The van der Waals surface area contributed by atoms with E-state index in [-0.39, 0.29) is 48.7 Å². The third-order valence-corrected chi connectivity index (χ3v) is 8.33. The van der Waals surface area contributed by atoms with Gasteiger partial charge in [-0.05, 0) is 72.8 Å². The average Bonchev–Trinajstić information content (AvgIpc) is 3.39. The number of rotatable bonds is 7. The number of halogens is 3. The molecule has 2 N–H and O–H groups in total. The van der Waals surface area contributed by atoms with Gasteiger partial charge in [0.25, 0.3) is 15.9 Å². The molecule has 0 aliphatic carbocycles. The van der Waals surface area contributed by atoms with Gasteiger partial charge < -0.3 is 5.32 Å². The van der Waals surface area contributed by atoms with Crippen LogP contribution in [0.3, 0.4) is 0 Å². The highest BCUT2D eigenvalue weighted by atomic mass is 35.5. The number of benzene rings is 4. The third kappa shape index (κ3) is 5.75. The van der Waals surface area contributed by atoms with Crippen LogP contribution in [0, 0.1) is 0 Å². The number of hydrogen-bond acceptors (Lipinski definition) is 7. The summed E-state index contributed by atoms with van der Waals surface area (Å²) in [6.07, 6.45) is 0. The van der Waals surface area contributed by atoms with Gasteiger partial charge in [0.15, 0.2) is 5.78 Å². The number of amides is 1. The van der Waals surface area contributed by atoms with Gasteiger partial charge in [-0.3, -0.25) is 14.3 Å². The van der Waals surface area contributed by atoms with E-state index >= 15 is 0 Å². The van der Waals surface area contributed by atoms with Crippen molar-refractivity contribution in [2.45, 2.75) is 4.90 Å². The number of nitrogens with zero attached hydrogens (tertiary/aromatic N) is 2. The van der Waals surface area contributed by atoms with E-state index in [1.807, 2.05) is 0 Å². The van der Waals surface area contributed by atoms with Gasteiger partial charge in [0, 0.05) is 26.9 Å². The molecule has 1 amide bonds. The molecule has 5 aromatic rings. The van der Waals surface area contributed by atoms with Crippen molar-refractivity contribution in [3.05, 3.63) is 111 Å². The van der Waals surface area contributed by atoms with E-state index < -0.39 is 15.9 Å². The molecule has 39 heavy (non-hydrogen) atoms. The van der Waals surface area contributed by atoms with Gasteiger partial charge in [0.2, 0.25) is 0 Å². The SMILES string of the molecule is O=C(c1ccc(Cl)cc1)c1ccc(NC(=O)c2cc(Cl)ccc2NS(=O)(=O)c2cccc3nsnc23)cc1Cl. The molecule has 0 aliphatic heterocycles. The average molecular weight is 618 g/mol. The Balaban J connectivity index is 1.40. The summed E-state index contributed by atoms with van der Waals surface area (Å²) in [4.78, 5) is 26.0. The van der Waals surface area contributed by atoms with Gasteiger partial charge in [-0.2, -0.15) is 8.75 Å². The molecule has 0 fully saturated rings. The van der Waals surface area contributed by atoms with E-state index in [9.17, 15) is 18.0 Å². The molecule has 0 aliphatic rings. The summed E-state index contributed by atoms with van der Waals surface area (Å²) in [5.41, 5.74) is 1.54. The molecule has 0 bridgehead atoms. The molecule has 4 aromatic carbocycles. The Hall–Kier alpha value is -3.54. The largest absolute Gasteiger partial charge is 0.322 e. The van der Waals surface area contributed by atoms with E-state index in [1.54, 1.807) is 36.4 Å². The topological polar surface area (TPSA) is 118 Å². The predicted molar refractivity (Wildman–Crippen MR) is 154 cm³/mol. The van der Waals surface area contributed by atoms with Crippen LogP contribution >= 0.6 is 46.5 Å². The van der Waals surface area contributed by atoms with Crippen LogP contribution in [0.4, 0.5) is 11.4 Å². The molecule has 13 heteroatoms. The van der Waals surface area contributed by atoms with Crippen LogP contribution in [-0.2, 0) is 10.0 Å². The number of fused-ring (bicyclic) bond motifs is 1. The Morgan fingerprint density at radius 1 is 0.795 bits per heavy atom. The number of nitrogens with one attached hydrogen (secondary N) is 2. The minimum Gasteiger partial charge on any atom is -0.322 e. The zero-order valence-electron chi connectivity index (χ0n) is 19.5. The molecule has 0 atom stereocenters. The lowest BCUT2D eigenvalue weighted by Crippen LogP contribution is -2.19. The normalized spacial score (nSPS) is 11.4. The molecular weight excluding hydrogens is 603 g/mol. The summed E-state index contributed by atoms with van der Waals surface area (Å²) in [5.74, 6) is -0.969. The maximum absolute atomic E-state index is 13.2. The summed E-state index contributed by atoms with van der Waals surface area (Å²) < 4.78 is 37.0. The smallest absolute Gasteiger partial charge is 0.264 e. The molecule has 196 valence electrons. The molecule has 1 heterocycles. The summed E-state index contributed by atoms with van der Waals surface area (Å²) in [6, 6.07) is 19.6. The summed E-state index contributed by atoms with van der Waals surface area (Å²) in [5, 5.41) is 3.49. The molecule has 0 spiro atoms. The number of sulfonamides is 1.